The number of nitrogens with zero attached hydrogens (tertiary/aromatic N) is 3. The first kappa shape index (κ1) is 18.3. The molecule has 3 rings (SSSR count). The summed E-state index contributed by atoms with van der Waals surface area (Å²) in [6.07, 6.45) is 3.20. The number of carbonyl (C=O) groups excluding carboxylic acids is 1. The van der Waals surface area contributed by atoms with Gasteiger partial charge in [0.2, 0.25) is 5.75 Å². The summed E-state index contributed by atoms with van der Waals surface area (Å²) in [5.74, 6) is 1.67. The van der Waals surface area contributed by atoms with Crippen LogP contribution in [-0.2, 0) is 6.54 Å². The van der Waals surface area contributed by atoms with E-state index >= 15 is 0 Å². The Bertz CT molecular complexity index is 922. The number of rotatable bonds is 7. The van der Waals surface area contributed by atoms with Gasteiger partial charge in [-0.25, -0.2) is 0 Å². The minimum Gasteiger partial charge on any atom is -0.493 e. The largest absolute Gasteiger partial charge is 0.493 e. The van der Waals surface area contributed by atoms with Crippen molar-refractivity contribution >= 4 is 11.7 Å². The van der Waals surface area contributed by atoms with Gasteiger partial charge in [-0.2, -0.15) is 10.2 Å². The quantitative estimate of drug-likeness (QED) is 0.662. The lowest BCUT2D eigenvalue weighted by molar-refractivity contribution is 0.102. The van der Waals surface area contributed by atoms with Crippen molar-refractivity contribution < 1.29 is 19.0 Å². The normalized spacial score (nSPS) is 10.5. The summed E-state index contributed by atoms with van der Waals surface area (Å²) in [5, 5.41) is 13.9. The average molecular weight is 371 g/mol. The Balaban J connectivity index is 1.84. The third-order valence-electron chi connectivity index (χ3n) is 4.01. The van der Waals surface area contributed by atoms with Crippen molar-refractivity contribution in [2.45, 2.75) is 13.5 Å². The third kappa shape index (κ3) is 3.71. The van der Waals surface area contributed by atoms with E-state index in [1.54, 1.807) is 50.4 Å². The van der Waals surface area contributed by atoms with E-state index in [2.05, 4.69) is 20.6 Å². The molecule has 142 valence electrons. The van der Waals surface area contributed by atoms with Gasteiger partial charge in [0.05, 0.1) is 38.8 Å². The molecule has 0 radical (unpaired) electrons. The Kier molecular flexibility index (Phi) is 5.30. The molecule has 1 aromatic carbocycles. The maximum Gasteiger partial charge on any atom is 0.260 e. The van der Waals surface area contributed by atoms with Crippen molar-refractivity contribution in [1.82, 2.24) is 20.0 Å². The van der Waals surface area contributed by atoms with E-state index < -0.39 is 0 Å². The number of aromatic amines is 1. The number of hydrogen-bond donors (Lipinski definition) is 2. The van der Waals surface area contributed by atoms with Crippen LogP contribution in [0, 0.1) is 0 Å². The van der Waals surface area contributed by atoms with Crippen molar-refractivity contribution in [1.29, 1.82) is 0 Å². The summed E-state index contributed by atoms with van der Waals surface area (Å²) in [6, 6.07) is 5.32. The molecule has 2 heterocycles. The Morgan fingerprint density at radius 2 is 1.85 bits per heavy atom. The SMILES string of the molecule is CCn1cc(C(=O)Nc2cc(-c3cc(OC)c(OC)c(OC)c3)[nH]n2)cn1. The Morgan fingerprint density at radius 3 is 2.41 bits per heavy atom. The molecular formula is C18H21N5O4. The van der Waals surface area contributed by atoms with Crippen LogP contribution in [0.15, 0.2) is 30.6 Å². The van der Waals surface area contributed by atoms with Crippen LogP contribution in [0.25, 0.3) is 11.3 Å². The summed E-state index contributed by atoms with van der Waals surface area (Å²) < 4.78 is 17.7. The number of anilines is 1. The van der Waals surface area contributed by atoms with Crippen LogP contribution in [0.1, 0.15) is 17.3 Å². The molecule has 2 N–H and O–H groups in total. The van der Waals surface area contributed by atoms with Gasteiger partial charge in [-0.3, -0.25) is 14.6 Å². The molecular weight excluding hydrogens is 350 g/mol. The molecule has 0 unspecified atom stereocenters. The highest BCUT2D eigenvalue weighted by molar-refractivity contribution is 6.03. The molecule has 3 aromatic rings. The number of H-pyrrole nitrogens is 1. The smallest absolute Gasteiger partial charge is 0.260 e. The number of amides is 1. The van der Waals surface area contributed by atoms with E-state index in [1.165, 1.54) is 6.20 Å². The van der Waals surface area contributed by atoms with E-state index in [0.29, 0.717) is 40.9 Å². The monoisotopic (exact) mass is 371 g/mol. The fourth-order valence-electron chi connectivity index (χ4n) is 2.61. The predicted molar refractivity (Wildman–Crippen MR) is 99.5 cm³/mol. The molecule has 1 amide bonds. The molecule has 0 atom stereocenters. The molecule has 0 saturated carbocycles. The van der Waals surface area contributed by atoms with E-state index in [0.717, 1.165) is 5.56 Å². The zero-order chi connectivity index (χ0) is 19.4. The average Bonchev–Trinajstić information content (AvgIpc) is 3.36. The highest BCUT2D eigenvalue weighted by atomic mass is 16.5. The summed E-state index contributed by atoms with van der Waals surface area (Å²) in [7, 11) is 4.65. The van der Waals surface area contributed by atoms with E-state index in [4.69, 9.17) is 14.2 Å². The highest BCUT2D eigenvalue weighted by Gasteiger charge is 2.16. The van der Waals surface area contributed by atoms with Crippen molar-refractivity contribution in [3.05, 3.63) is 36.2 Å². The van der Waals surface area contributed by atoms with Gasteiger partial charge in [0.25, 0.3) is 5.91 Å². The topological polar surface area (TPSA) is 103 Å². The van der Waals surface area contributed by atoms with E-state index in [1.807, 2.05) is 6.92 Å². The van der Waals surface area contributed by atoms with Crippen molar-refractivity contribution in [3.63, 3.8) is 0 Å². The fraction of sp³-hybridized carbons (Fsp3) is 0.278. The van der Waals surface area contributed by atoms with Gasteiger partial charge in [0.15, 0.2) is 17.3 Å². The van der Waals surface area contributed by atoms with Crippen LogP contribution in [0.2, 0.25) is 0 Å². The lowest BCUT2D eigenvalue weighted by Crippen LogP contribution is -2.11. The number of ether oxygens (including phenoxy) is 3. The summed E-state index contributed by atoms with van der Waals surface area (Å²) >= 11 is 0. The molecule has 0 aliphatic rings. The zero-order valence-electron chi connectivity index (χ0n) is 15.6. The maximum atomic E-state index is 12.3. The van der Waals surface area contributed by atoms with Crippen molar-refractivity contribution in [2.75, 3.05) is 26.6 Å². The first-order valence-corrected chi connectivity index (χ1v) is 8.29. The van der Waals surface area contributed by atoms with Gasteiger partial charge < -0.3 is 19.5 Å². The summed E-state index contributed by atoms with van der Waals surface area (Å²) in [4.78, 5) is 12.3. The lowest BCUT2D eigenvalue weighted by atomic mass is 10.1. The maximum absolute atomic E-state index is 12.3. The Hall–Kier alpha value is -3.49. The van der Waals surface area contributed by atoms with Gasteiger partial charge >= 0.3 is 0 Å². The standard InChI is InChI=1S/C18H21N5O4/c1-5-23-10-12(9-19-23)18(24)20-16-8-13(21-22-16)11-6-14(25-2)17(27-4)15(7-11)26-3/h6-10H,5H2,1-4H3,(H2,20,21,22,24). The zero-order valence-corrected chi connectivity index (χ0v) is 15.6. The van der Waals surface area contributed by atoms with Crippen LogP contribution in [-0.4, -0.2) is 47.2 Å². The summed E-state index contributed by atoms with van der Waals surface area (Å²) in [6.45, 7) is 2.65. The van der Waals surface area contributed by atoms with Gasteiger partial charge in [-0.15, -0.1) is 0 Å². The van der Waals surface area contributed by atoms with Gasteiger partial charge in [0, 0.05) is 24.4 Å². The van der Waals surface area contributed by atoms with Crippen molar-refractivity contribution in [2.24, 2.45) is 0 Å². The van der Waals surface area contributed by atoms with E-state index in [-0.39, 0.29) is 5.91 Å². The molecule has 27 heavy (non-hydrogen) atoms. The highest BCUT2D eigenvalue weighted by Crippen LogP contribution is 2.41. The van der Waals surface area contributed by atoms with Gasteiger partial charge in [0.1, 0.15) is 0 Å². The number of benzene rings is 1. The third-order valence-corrected chi connectivity index (χ3v) is 4.01. The van der Waals surface area contributed by atoms with Crippen LogP contribution >= 0.6 is 0 Å². The second-order valence-corrected chi connectivity index (χ2v) is 5.62. The molecule has 0 bridgehead atoms. The minimum atomic E-state index is -0.280. The molecule has 0 aliphatic carbocycles. The van der Waals surface area contributed by atoms with Crippen molar-refractivity contribution in [3.8, 4) is 28.5 Å². The fourth-order valence-corrected chi connectivity index (χ4v) is 2.61. The number of hydrogen-bond acceptors (Lipinski definition) is 6. The second-order valence-electron chi connectivity index (χ2n) is 5.62. The number of methoxy groups -OCH3 is 3. The van der Waals surface area contributed by atoms with Gasteiger partial charge in [-0.1, -0.05) is 0 Å². The van der Waals surface area contributed by atoms with Crippen LogP contribution in [0.4, 0.5) is 5.82 Å². The van der Waals surface area contributed by atoms with Crippen LogP contribution < -0.4 is 19.5 Å². The molecule has 9 nitrogen and oxygen atoms in total. The molecule has 0 fully saturated rings. The number of nitrogens with one attached hydrogen (secondary N) is 2. The number of aromatic nitrogens is 4. The second kappa shape index (κ2) is 7.81. The molecule has 0 saturated heterocycles. The molecule has 2 aromatic heterocycles. The molecule has 9 heteroatoms. The van der Waals surface area contributed by atoms with Crippen LogP contribution in [0.3, 0.4) is 0 Å². The lowest BCUT2D eigenvalue weighted by Gasteiger charge is -2.13. The minimum absolute atomic E-state index is 0.280. The summed E-state index contributed by atoms with van der Waals surface area (Å²) in [5.41, 5.74) is 1.93. The first-order valence-electron chi connectivity index (χ1n) is 8.29. The first-order chi connectivity index (χ1) is 13.1. The molecule has 0 spiro atoms. The Morgan fingerprint density at radius 1 is 1.15 bits per heavy atom. The number of aryl methyl sites for hydroxylation is 1. The van der Waals surface area contributed by atoms with Crippen LogP contribution in [0.5, 0.6) is 17.2 Å². The van der Waals surface area contributed by atoms with E-state index in [9.17, 15) is 4.79 Å². The van der Waals surface area contributed by atoms with Gasteiger partial charge in [-0.05, 0) is 19.1 Å². The number of carbonyl (C=O) groups is 1. The predicted octanol–water partition coefficient (Wildman–Crippen LogP) is 2.57. The Labute approximate surface area is 156 Å². The molecule has 0 aliphatic heterocycles.